The minimum absolute atomic E-state index is 0.0578. The molecule has 6 heteroatoms. The van der Waals surface area contributed by atoms with E-state index in [1.807, 2.05) is 0 Å². The number of aromatic nitrogens is 1. The van der Waals surface area contributed by atoms with E-state index in [0.717, 1.165) is 17.7 Å². The highest BCUT2D eigenvalue weighted by atomic mass is 19.2. The maximum absolute atomic E-state index is 13.2. The van der Waals surface area contributed by atoms with Crippen molar-refractivity contribution in [2.45, 2.75) is 12.8 Å². The molecule has 0 aliphatic carbocycles. The largest absolute Gasteiger partial charge is 0.477 e. The standard InChI is InChI=1S/C15H10F2N2O2/c16-10-2-1-8(4-11(10)17)3-9-5-13-12(18-7-9)6-14(19-13)15(20)21/h1-2,4-5,7H,3,6H2,(H,20,21). The molecule has 4 nitrogen and oxygen atoms in total. The van der Waals surface area contributed by atoms with E-state index in [9.17, 15) is 13.6 Å². The summed E-state index contributed by atoms with van der Waals surface area (Å²) in [4.78, 5) is 19.1. The second-order valence-corrected chi connectivity index (χ2v) is 4.78. The van der Waals surface area contributed by atoms with Crippen molar-refractivity contribution >= 4 is 17.4 Å². The van der Waals surface area contributed by atoms with Crippen LogP contribution in [0.5, 0.6) is 0 Å². The highest BCUT2D eigenvalue weighted by molar-refractivity contribution is 6.37. The molecule has 21 heavy (non-hydrogen) atoms. The Balaban J connectivity index is 1.86. The minimum atomic E-state index is -1.06. The quantitative estimate of drug-likeness (QED) is 0.944. The summed E-state index contributed by atoms with van der Waals surface area (Å²) in [5, 5.41) is 8.91. The van der Waals surface area contributed by atoms with Crippen LogP contribution in [-0.2, 0) is 17.6 Å². The highest BCUT2D eigenvalue weighted by Gasteiger charge is 2.21. The molecule has 1 aromatic heterocycles. The molecular formula is C15H10F2N2O2. The first kappa shape index (κ1) is 13.4. The summed E-state index contributed by atoms with van der Waals surface area (Å²) < 4.78 is 26.0. The van der Waals surface area contributed by atoms with Crippen LogP contribution in [0.3, 0.4) is 0 Å². The smallest absolute Gasteiger partial charge is 0.350 e. The van der Waals surface area contributed by atoms with Gasteiger partial charge in [-0.05, 0) is 35.7 Å². The molecular weight excluding hydrogens is 278 g/mol. The van der Waals surface area contributed by atoms with E-state index in [1.165, 1.54) is 6.07 Å². The van der Waals surface area contributed by atoms with Crippen LogP contribution in [0.25, 0.3) is 0 Å². The molecule has 2 heterocycles. The lowest BCUT2D eigenvalue weighted by Crippen LogP contribution is -2.12. The van der Waals surface area contributed by atoms with Gasteiger partial charge in [-0.2, -0.15) is 0 Å². The number of carboxylic acids is 1. The third-order valence-corrected chi connectivity index (χ3v) is 3.23. The molecule has 0 spiro atoms. The van der Waals surface area contributed by atoms with Gasteiger partial charge in [-0.15, -0.1) is 0 Å². The lowest BCUT2D eigenvalue weighted by molar-refractivity contribution is -0.129. The van der Waals surface area contributed by atoms with Gasteiger partial charge in [-0.3, -0.25) is 4.98 Å². The van der Waals surface area contributed by atoms with Gasteiger partial charge in [-0.25, -0.2) is 18.6 Å². The minimum Gasteiger partial charge on any atom is -0.477 e. The number of pyridine rings is 1. The van der Waals surface area contributed by atoms with Crippen LogP contribution < -0.4 is 0 Å². The van der Waals surface area contributed by atoms with Crippen molar-refractivity contribution in [2.75, 3.05) is 0 Å². The molecule has 1 aliphatic rings. The molecule has 0 saturated heterocycles. The Morgan fingerprint density at radius 2 is 2.00 bits per heavy atom. The normalized spacial score (nSPS) is 13.0. The highest BCUT2D eigenvalue weighted by Crippen LogP contribution is 2.26. The first-order chi connectivity index (χ1) is 10.0. The van der Waals surface area contributed by atoms with Gasteiger partial charge in [-0.1, -0.05) is 6.07 Å². The third kappa shape index (κ3) is 2.65. The first-order valence-electron chi connectivity index (χ1n) is 6.25. The predicted octanol–water partition coefficient (Wildman–Crippen LogP) is 2.66. The van der Waals surface area contributed by atoms with Gasteiger partial charge in [0, 0.05) is 12.6 Å². The molecule has 0 saturated carbocycles. The second-order valence-electron chi connectivity index (χ2n) is 4.78. The Bertz CT molecular complexity index is 772. The molecule has 1 aliphatic heterocycles. The van der Waals surface area contributed by atoms with Crippen LogP contribution in [-0.4, -0.2) is 21.8 Å². The monoisotopic (exact) mass is 288 g/mol. The van der Waals surface area contributed by atoms with E-state index in [0.29, 0.717) is 23.4 Å². The van der Waals surface area contributed by atoms with E-state index >= 15 is 0 Å². The molecule has 106 valence electrons. The molecule has 0 radical (unpaired) electrons. The van der Waals surface area contributed by atoms with Crippen LogP contribution in [0.15, 0.2) is 35.5 Å². The SMILES string of the molecule is O=C(O)C1=Nc2cc(Cc3ccc(F)c(F)c3)cnc2C1. The van der Waals surface area contributed by atoms with Crippen molar-refractivity contribution in [3.05, 3.63) is 58.9 Å². The Morgan fingerprint density at radius 3 is 2.71 bits per heavy atom. The zero-order valence-electron chi connectivity index (χ0n) is 10.8. The predicted molar refractivity (Wildman–Crippen MR) is 71.8 cm³/mol. The van der Waals surface area contributed by atoms with Crippen molar-refractivity contribution in [3.8, 4) is 0 Å². The molecule has 1 N–H and O–H groups in total. The Kier molecular flexibility index (Phi) is 3.21. The third-order valence-electron chi connectivity index (χ3n) is 3.23. The van der Waals surface area contributed by atoms with Crippen LogP contribution in [0, 0.1) is 11.6 Å². The fourth-order valence-electron chi connectivity index (χ4n) is 2.21. The molecule has 2 aromatic rings. The molecule has 0 amide bonds. The summed E-state index contributed by atoms with van der Waals surface area (Å²) in [6, 6.07) is 5.43. The van der Waals surface area contributed by atoms with Gasteiger partial charge < -0.3 is 5.11 Å². The number of carbonyl (C=O) groups is 1. The Morgan fingerprint density at radius 1 is 1.19 bits per heavy atom. The van der Waals surface area contributed by atoms with E-state index in [-0.39, 0.29) is 12.1 Å². The topological polar surface area (TPSA) is 62.5 Å². The van der Waals surface area contributed by atoms with Gasteiger partial charge in [0.1, 0.15) is 5.71 Å². The number of halogens is 2. The molecule has 0 atom stereocenters. The number of hydrogen-bond donors (Lipinski definition) is 1. The van der Waals surface area contributed by atoms with Crippen molar-refractivity contribution in [1.82, 2.24) is 4.98 Å². The van der Waals surface area contributed by atoms with E-state index in [4.69, 9.17) is 5.11 Å². The lowest BCUT2D eigenvalue weighted by atomic mass is 10.1. The molecule has 0 fully saturated rings. The number of fused-ring (bicyclic) bond motifs is 1. The fraction of sp³-hybridized carbons (Fsp3) is 0.133. The average molecular weight is 288 g/mol. The molecule has 3 rings (SSSR count). The Hall–Kier alpha value is -2.63. The van der Waals surface area contributed by atoms with Crippen molar-refractivity contribution in [1.29, 1.82) is 0 Å². The summed E-state index contributed by atoms with van der Waals surface area (Å²) in [6.07, 6.45) is 2.17. The fourth-order valence-corrected chi connectivity index (χ4v) is 2.21. The number of nitrogens with zero attached hydrogens (tertiary/aromatic N) is 2. The lowest BCUT2D eigenvalue weighted by Gasteiger charge is -2.04. The summed E-state index contributed by atoms with van der Waals surface area (Å²) in [7, 11) is 0. The summed E-state index contributed by atoms with van der Waals surface area (Å²) in [6.45, 7) is 0. The van der Waals surface area contributed by atoms with Crippen LogP contribution in [0.1, 0.15) is 16.8 Å². The van der Waals surface area contributed by atoms with Crippen LogP contribution >= 0.6 is 0 Å². The van der Waals surface area contributed by atoms with Crippen molar-refractivity contribution in [2.24, 2.45) is 4.99 Å². The van der Waals surface area contributed by atoms with Gasteiger partial charge >= 0.3 is 5.97 Å². The van der Waals surface area contributed by atoms with Gasteiger partial charge in [0.15, 0.2) is 11.6 Å². The van der Waals surface area contributed by atoms with Crippen molar-refractivity contribution in [3.63, 3.8) is 0 Å². The van der Waals surface area contributed by atoms with E-state index in [1.54, 1.807) is 12.3 Å². The van der Waals surface area contributed by atoms with Crippen LogP contribution in [0.2, 0.25) is 0 Å². The number of aliphatic carboxylic acids is 1. The van der Waals surface area contributed by atoms with Gasteiger partial charge in [0.25, 0.3) is 0 Å². The van der Waals surface area contributed by atoms with Gasteiger partial charge in [0.2, 0.25) is 0 Å². The summed E-state index contributed by atoms with van der Waals surface area (Å²) >= 11 is 0. The average Bonchev–Trinajstić information content (AvgIpc) is 2.86. The van der Waals surface area contributed by atoms with Crippen LogP contribution in [0.4, 0.5) is 14.5 Å². The maximum atomic E-state index is 13.2. The number of benzene rings is 1. The second kappa shape index (κ2) is 5.05. The molecule has 0 unspecified atom stereocenters. The van der Waals surface area contributed by atoms with Crippen molar-refractivity contribution < 1.29 is 18.7 Å². The number of carboxylic acid groups (broad SMARTS) is 1. The maximum Gasteiger partial charge on any atom is 0.350 e. The zero-order valence-corrected chi connectivity index (χ0v) is 10.8. The molecule has 1 aromatic carbocycles. The Labute approximate surface area is 118 Å². The summed E-state index contributed by atoms with van der Waals surface area (Å²) in [5.74, 6) is -2.84. The van der Waals surface area contributed by atoms with E-state index in [2.05, 4.69) is 9.98 Å². The summed E-state index contributed by atoms with van der Waals surface area (Å²) in [5.41, 5.74) is 2.56. The van der Waals surface area contributed by atoms with Gasteiger partial charge in [0.05, 0.1) is 11.4 Å². The number of aliphatic imine (C=N–C) groups is 1. The van der Waals surface area contributed by atoms with E-state index < -0.39 is 17.6 Å². The first-order valence-corrected chi connectivity index (χ1v) is 6.25. The zero-order chi connectivity index (χ0) is 15.0. The molecule has 0 bridgehead atoms. The number of hydrogen-bond acceptors (Lipinski definition) is 3. The number of rotatable bonds is 3.